The van der Waals surface area contributed by atoms with Crippen molar-refractivity contribution in [2.24, 2.45) is 0 Å². The molecule has 0 unspecified atom stereocenters. The molecule has 5 nitrogen and oxygen atoms in total. The van der Waals surface area contributed by atoms with Gasteiger partial charge in [0, 0.05) is 25.0 Å². The van der Waals surface area contributed by atoms with Crippen molar-refractivity contribution in [3.05, 3.63) is 35.1 Å². The number of nitrogens with zero attached hydrogens (tertiary/aromatic N) is 1. The van der Waals surface area contributed by atoms with E-state index in [4.69, 9.17) is 9.15 Å². The maximum absolute atomic E-state index is 12.0. The molecule has 1 aromatic heterocycles. The summed E-state index contributed by atoms with van der Waals surface area (Å²) in [6.07, 6.45) is 0.877. The highest BCUT2D eigenvalue weighted by molar-refractivity contribution is 5.89. The molecule has 0 radical (unpaired) electrons. The number of likely N-dealkylation sites (N-methyl/N-ethyl adjacent to an activating group) is 1. The van der Waals surface area contributed by atoms with E-state index in [0.29, 0.717) is 0 Å². The van der Waals surface area contributed by atoms with Crippen molar-refractivity contribution < 1.29 is 18.7 Å². The number of hydrogen-bond acceptors (Lipinski definition) is 4. The van der Waals surface area contributed by atoms with E-state index < -0.39 is 12.1 Å². The lowest BCUT2D eigenvalue weighted by atomic mass is 10.0. The number of furan rings is 1. The largest absolute Gasteiger partial charge is 0.464 e. The van der Waals surface area contributed by atoms with Crippen molar-refractivity contribution in [3.63, 3.8) is 0 Å². The lowest BCUT2D eigenvalue weighted by molar-refractivity contribution is -0.157. The van der Waals surface area contributed by atoms with Gasteiger partial charge in [-0.1, -0.05) is 12.1 Å². The Morgan fingerprint density at radius 1 is 1.27 bits per heavy atom. The Bertz CT molecular complexity index is 715. The van der Waals surface area contributed by atoms with Crippen molar-refractivity contribution in [1.29, 1.82) is 0 Å². The highest BCUT2D eigenvalue weighted by Crippen LogP contribution is 2.27. The van der Waals surface area contributed by atoms with Crippen LogP contribution in [-0.4, -0.2) is 37.0 Å². The van der Waals surface area contributed by atoms with Gasteiger partial charge in [-0.2, -0.15) is 0 Å². The Kier molecular flexibility index (Phi) is 4.54. The topological polar surface area (TPSA) is 59.8 Å². The molecule has 1 amide bonds. The fourth-order valence-electron chi connectivity index (χ4n) is 2.33. The maximum atomic E-state index is 12.0. The molecule has 1 atom stereocenters. The Labute approximate surface area is 129 Å². The summed E-state index contributed by atoms with van der Waals surface area (Å²) < 4.78 is 10.7. The van der Waals surface area contributed by atoms with Gasteiger partial charge in [0.05, 0.1) is 12.7 Å². The maximum Gasteiger partial charge on any atom is 0.311 e. The highest BCUT2D eigenvalue weighted by atomic mass is 16.5. The van der Waals surface area contributed by atoms with Crippen LogP contribution in [0, 0.1) is 13.8 Å². The van der Waals surface area contributed by atoms with E-state index in [-0.39, 0.29) is 12.3 Å². The number of amides is 1. The summed E-state index contributed by atoms with van der Waals surface area (Å²) in [6, 6.07) is 3.94. The molecule has 0 saturated heterocycles. The van der Waals surface area contributed by atoms with Crippen molar-refractivity contribution in [2.45, 2.75) is 33.3 Å². The van der Waals surface area contributed by atoms with E-state index in [9.17, 15) is 9.59 Å². The van der Waals surface area contributed by atoms with Gasteiger partial charge in [-0.25, -0.2) is 0 Å². The summed E-state index contributed by atoms with van der Waals surface area (Å²) in [5.74, 6) is -0.680. The van der Waals surface area contributed by atoms with Crippen LogP contribution in [0.2, 0.25) is 0 Å². The van der Waals surface area contributed by atoms with Crippen LogP contribution in [0.3, 0.4) is 0 Å². The summed E-state index contributed by atoms with van der Waals surface area (Å²) in [5.41, 5.74) is 3.77. The number of carbonyl (C=O) groups excluding carboxylic acids is 2. The van der Waals surface area contributed by atoms with E-state index in [1.165, 1.54) is 4.90 Å². The van der Waals surface area contributed by atoms with Crippen LogP contribution in [0.1, 0.15) is 23.6 Å². The second-order valence-corrected chi connectivity index (χ2v) is 5.69. The third-order valence-electron chi connectivity index (χ3n) is 3.77. The smallest absolute Gasteiger partial charge is 0.311 e. The molecule has 1 aromatic carbocycles. The Hall–Kier alpha value is -2.30. The first kappa shape index (κ1) is 16.1. The van der Waals surface area contributed by atoms with Crippen LogP contribution in [0.4, 0.5) is 0 Å². The number of fused-ring (bicyclic) bond motifs is 1. The molecule has 0 aliphatic carbocycles. The van der Waals surface area contributed by atoms with Gasteiger partial charge in [-0.15, -0.1) is 0 Å². The summed E-state index contributed by atoms with van der Waals surface area (Å²) in [5, 5.41) is 0.909. The summed E-state index contributed by atoms with van der Waals surface area (Å²) in [4.78, 5) is 25.1. The van der Waals surface area contributed by atoms with Gasteiger partial charge in [0.15, 0.2) is 6.10 Å². The van der Waals surface area contributed by atoms with Gasteiger partial charge < -0.3 is 14.1 Å². The standard InChI is InChI=1S/C17H21NO4/c1-10-6-7-14-13(9-21-16(14)11(10)2)8-15(19)22-12(3)17(20)18(4)5/h6-7,9,12H,8H2,1-5H3/t12-/m0/s1. The first-order valence-electron chi connectivity index (χ1n) is 7.18. The van der Waals surface area contributed by atoms with Crippen LogP contribution < -0.4 is 0 Å². The lowest BCUT2D eigenvalue weighted by Gasteiger charge is -2.17. The summed E-state index contributed by atoms with van der Waals surface area (Å²) >= 11 is 0. The van der Waals surface area contributed by atoms with Crippen LogP contribution in [0.25, 0.3) is 11.0 Å². The highest BCUT2D eigenvalue weighted by Gasteiger charge is 2.20. The first-order chi connectivity index (χ1) is 10.3. The van der Waals surface area contributed by atoms with Crippen molar-refractivity contribution in [2.75, 3.05) is 14.1 Å². The molecule has 0 bridgehead atoms. The zero-order valence-electron chi connectivity index (χ0n) is 13.6. The number of carbonyl (C=O) groups is 2. The van der Waals surface area contributed by atoms with Crippen molar-refractivity contribution in [3.8, 4) is 0 Å². The van der Waals surface area contributed by atoms with Crippen molar-refractivity contribution >= 4 is 22.8 Å². The number of benzene rings is 1. The Morgan fingerprint density at radius 2 is 1.95 bits per heavy atom. The SMILES string of the molecule is Cc1ccc2c(CC(=O)O[C@@H](C)C(=O)N(C)C)coc2c1C. The second-order valence-electron chi connectivity index (χ2n) is 5.69. The van der Waals surface area contributed by atoms with E-state index in [1.807, 2.05) is 26.0 Å². The van der Waals surface area contributed by atoms with Crippen LogP contribution in [-0.2, 0) is 20.7 Å². The van der Waals surface area contributed by atoms with Gasteiger partial charge in [-0.05, 0) is 31.9 Å². The van der Waals surface area contributed by atoms with Gasteiger partial charge in [0.2, 0.25) is 0 Å². The number of rotatable bonds is 4. The third kappa shape index (κ3) is 3.13. The third-order valence-corrected chi connectivity index (χ3v) is 3.77. The van der Waals surface area contributed by atoms with Crippen LogP contribution >= 0.6 is 0 Å². The molecular formula is C17H21NO4. The normalized spacial score (nSPS) is 12.2. The average molecular weight is 303 g/mol. The van der Waals surface area contributed by atoms with Crippen molar-refractivity contribution in [1.82, 2.24) is 4.90 Å². The molecule has 118 valence electrons. The summed E-state index contributed by atoms with van der Waals surface area (Å²) in [7, 11) is 3.25. The van der Waals surface area contributed by atoms with E-state index in [2.05, 4.69) is 0 Å². The molecule has 0 N–H and O–H groups in total. The minimum Gasteiger partial charge on any atom is -0.464 e. The van der Waals surface area contributed by atoms with Gasteiger partial charge in [-0.3, -0.25) is 9.59 Å². The zero-order chi connectivity index (χ0) is 16.4. The first-order valence-corrected chi connectivity index (χ1v) is 7.18. The van der Waals surface area contributed by atoms with Gasteiger partial charge in [0.1, 0.15) is 5.58 Å². The predicted molar refractivity (Wildman–Crippen MR) is 83.6 cm³/mol. The summed E-state index contributed by atoms with van der Waals surface area (Å²) in [6.45, 7) is 5.57. The number of esters is 1. The quantitative estimate of drug-likeness (QED) is 0.815. The lowest BCUT2D eigenvalue weighted by Crippen LogP contribution is -2.35. The van der Waals surface area contributed by atoms with Crippen LogP contribution in [0.15, 0.2) is 22.8 Å². The average Bonchev–Trinajstić information content (AvgIpc) is 2.85. The molecule has 22 heavy (non-hydrogen) atoms. The molecule has 0 aliphatic rings. The molecule has 0 spiro atoms. The molecule has 1 heterocycles. The minimum atomic E-state index is -0.787. The van der Waals surface area contributed by atoms with Gasteiger partial charge in [0.25, 0.3) is 5.91 Å². The molecule has 5 heteroatoms. The Morgan fingerprint density at radius 3 is 2.59 bits per heavy atom. The fourth-order valence-corrected chi connectivity index (χ4v) is 2.33. The van der Waals surface area contributed by atoms with Crippen LogP contribution in [0.5, 0.6) is 0 Å². The molecule has 2 aromatic rings. The zero-order valence-corrected chi connectivity index (χ0v) is 13.6. The van der Waals surface area contributed by atoms with E-state index in [1.54, 1.807) is 27.3 Å². The fraction of sp³-hybridized carbons (Fsp3) is 0.412. The molecule has 0 aliphatic heterocycles. The number of aryl methyl sites for hydroxylation is 2. The second kappa shape index (κ2) is 6.22. The molecule has 2 rings (SSSR count). The molecule has 0 saturated carbocycles. The van der Waals surface area contributed by atoms with E-state index >= 15 is 0 Å². The van der Waals surface area contributed by atoms with E-state index in [0.717, 1.165) is 27.7 Å². The number of ether oxygens (including phenoxy) is 1. The Balaban J connectivity index is 2.13. The molecule has 0 fully saturated rings. The molecular weight excluding hydrogens is 282 g/mol. The van der Waals surface area contributed by atoms with Gasteiger partial charge >= 0.3 is 5.97 Å². The minimum absolute atomic E-state index is 0.0839. The monoisotopic (exact) mass is 303 g/mol. The number of hydrogen-bond donors (Lipinski definition) is 0. The predicted octanol–water partition coefficient (Wildman–Crippen LogP) is 2.61.